The van der Waals surface area contributed by atoms with Gasteiger partial charge in [0.15, 0.2) is 0 Å². The fourth-order valence-corrected chi connectivity index (χ4v) is 1.97. The first kappa shape index (κ1) is 12.3. The molecule has 2 N–H and O–H groups in total. The van der Waals surface area contributed by atoms with Crippen LogP contribution in [0.2, 0.25) is 0 Å². The summed E-state index contributed by atoms with van der Waals surface area (Å²) in [4.78, 5) is 4.20. The summed E-state index contributed by atoms with van der Waals surface area (Å²) in [5, 5.41) is 0.485. The number of rotatable bonds is 0. The quantitative estimate of drug-likeness (QED) is 0.797. The maximum atomic E-state index is 14.0. The van der Waals surface area contributed by atoms with Gasteiger partial charge in [-0.25, -0.2) is 9.37 Å². The summed E-state index contributed by atoms with van der Waals surface area (Å²) in [6.45, 7) is 6.11. The summed E-state index contributed by atoms with van der Waals surface area (Å²) in [5.41, 5.74) is 7.11. The highest BCUT2D eigenvalue weighted by atomic mass is 79.9. The number of anilines is 1. The molecule has 0 unspecified atom stereocenters. The molecule has 1 aromatic carbocycles. The molecule has 90 valence electrons. The van der Waals surface area contributed by atoms with Crippen molar-refractivity contribution < 1.29 is 4.39 Å². The van der Waals surface area contributed by atoms with Crippen LogP contribution in [0.1, 0.15) is 26.3 Å². The third-order valence-corrected chi connectivity index (χ3v) is 3.37. The van der Waals surface area contributed by atoms with E-state index in [1.807, 2.05) is 26.8 Å². The van der Waals surface area contributed by atoms with Crippen molar-refractivity contribution in [2.75, 3.05) is 5.73 Å². The van der Waals surface area contributed by atoms with Crippen molar-refractivity contribution in [2.24, 2.45) is 0 Å². The minimum atomic E-state index is -0.263. The number of fused-ring (bicyclic) bond motifs is 1. The molecule has 1 aromatic heterocycles. The molecule has 0 aliphatic rings. The van der Waals surface area contributed by atoms with E-state index >= 15 is 0 Å². The Hall–Kier alpha value is -1.16. The second-order valence-corrected chi connectivity index (χ2v) is 5.98. The van der Waals surface area contributed by atoms with Crippen molar-refractivity contribution in [3.05, 3.63) is 34.1 Å². The van der Waals surface area contributed by atoms with Crippen LogP contribution in [0.5, 0.6) is 0 Å². The molecule has 17 heavy (non-hydrogen) atoms. The predicted octanol–water partition coefficient (Wildman–Crippen LogP) is 4.02. The first-order valence-corrected chi connectivity index (χ1v) is 6.14. The van der Waals surface area contributed by atoms with Gasteiger partial charge in [-0.15, -0.1) is 0 Å². The van der Waals surface area contributed by atoms with E-state index in [9.17, 15) is 4.39 Å². The van der Waals surface area contributed by atoms with Gasteiger partial charge in [0.1, 0.15) is 11.6 Å². The van der Waals surface area contributed by atoms with Crippen molar-refractivity contribution in [1.82, 2.24) is 4.98 Å². The molecule has 0 spiro atoms. The average molecular weight is 297 g/mol. The van der Waals surface area contributed by atoms with Crippen LogP contribution < -0.4 is 5.73 Å². The van der Waals surface area contributed by atoms with Crippen LogP contribution in [0.4, 0.5) is 10.2 Å². The van der Waals surface area contributed by atoms with E-state index in [1.54, 1.807) is 12.1 Å². The Morgan fingerprint density at radius 3 is 2.47 bits per heavy atom. The third kappa shape index (κ3) is 2.27. The Kier molecular flexibility index (Phi) is 2.86. The van der Waals surface area contributed by atoms with E-state index in [2.05, 4.69) is 20.9 Å². The fraction of sp³-hybridized carbons (Fsp3) is 0.308. The van der Waals surface area contributed by atoms with Gasteiger partial charge in [-0.3, -0.25) is 0 Å². The van der Waals surface area contributed by atoms with E-state index in [4.69, 9.17) is 5.73 Å². The zero-order valence-corrected chi connectivity index (χ0v) is 11.6. The monoisotopic (exact) mass is 296 g/mol. The van der Waals surface area contributed by atoms with Crippen molar-refractivity contribution in [2.45, 2.75) is 26.2 Å². The molecule has 2 aromatic rings. The molecule has 0 fully saturated rings. The van der Waals surface area contributed by atoms with E-state index in [0.29, 0.717) is 21.2 Å². The Labute approximate surface area is 108 Å². The minimum absolute atomic E-state index is 0.113. The van der Waals surface area contributed by atoms with Gasteiger partial charge in [0.25, 0.3) is 0 Å². The van der Waals surface area contributed by atoms with E-state index < -0.39 is 0 Å². The highest BCUT2D eigenvalue weighted by Crippen LogP contribution is 2.30. The third-order valence-electron chi connectivity index (χ3n) is 2.73. The number of hydrogen-bond donors (Lipinski definition) is 1. The lowest BCUT2D eigenvalue weighted by molar-refractivity contribution is 0.576. The molecule has 0 bridgehead atoms. The first-order valence-electron chi connectivity index (χ1n) is 5.35. The summed E-state index contributed by atoms with van der Waals surface area (Å²) in [6.07, 6.45) is 0. The molecule has 0 aliphatic heterocycles. The summed E-state index contributed by atoms with van der Waals surface area (Å²) in [5.74, 6) is 0.114. The molecule has 0 aliphatic carbocycles. The molecule has 0 saturated heterocycles. The van der Waals surface area contributed by atoms with Crippen molar-refractivity contribution >= 4 is 32.7 Å². The van der Waals surface area contributed by atoms with E-state index in [0.717, 1.165) is 5.56 Å². The van der Waals surface area contributed by atoms with Gasteiger partial charge in [0.2, 0.25) is 0 Å². The Balaban J connectivity index is 2.78. The number of halogens is 2. The molecular formula is C13H14BrFN2. The first-order chi connectivity index (χ1) is 7.79. The summed E-state index contributed by atoms with van der Waals surface area (Å²) < 4.78 is 14.6. The Morgan fingerprint density at radius 2 is 1.88 bits per heavy atom. The maximum Gasteiger partial charge on any atom is 0.138 e. The molecule has 1 heterocycles. The lowest BCUT2D eigenvalue weighted by Crippen LogP contribution is -2.11. The van der Waals surface area contributed by atoms with E-state index in [1.165, 1.54) is 0 Å². The second-order valence-electron chi connectivity index (χ2n) is 5.13. The second kappa shape index (κ2) is 3.95. The Morgan fingerprint density at radius 1 is 1.24 bits per heavy atom. The lowest BCUT2D eigenvalue weighted by atomic mass is 9.86. The fourth-order valence-electron chi connectivity index (χ4n) is 1.66. The summed E-state index contributed by atoms with van der Waals surface area (Å²) >= 11 is 3.25. The Bertz CT molecular complexity index is 588. The largest absolute Gasteiger partial charge is 0.383 e. The topological polar surface area (TPSA) is 38.9 Å². The molecular weight excluding hydrogens is 283 g/mol. The number of pyridine rings is 1. The summed E-state index contributed by atoms with van der Waals surface area (Å²) in [6, 6.07) is 5.12. The number of nitrogens with two attached hydrogens (primary N) is 1. The SMILES string of the molecule is CC(C)(C)c1cc(F)c2cc(Br)c(N)nc2c1. The predicted molar refractivity (Wildman–Crippen MR) is 72.5 cm³/mol. The molecule has 0 radical (unpaired) electrons. The van der Waals surface area contributed by atoms with Crippen molar-refractivity contribution in [3.8, 4) is 0 Å². The van der Waals surface area contributed by atoms with Crippen LogP contribution in [-0.2, 0) is 5.41 Å². The van der Waals surface area contributed by atoms with Crippen LogP contribution in [-0.4, -0.2) is 4.98 Å². The van der Waals surface area contributed by atoms with Crippen LogP contribution >= 0.6 is 15.9 Å². The van der Waals surface area contributed by atoms with Crippen LogP contribution in [0.25, 0.3) is 10.9 Å². The standard InChI is InChI=1S/C13H14BrFN2/c1-13(2,3)7-4-10(15)8-6-9(14)12(16)17-11(8)5-7/h4-6H,1-3H3,(H2,16,17). The van der Waals surface area contributed by atoms with Gasteiger partial charge in [-0.2, -0.15) is 0 Å². The minimum Gasteiger partial charge on any atom is -0.383 e. The molecule has 2 rings (SSSR count). The molecule has 4 heteroatoms. The maximum absolute atomic E-state index is 14.0. The molecule has 0 atom stereocenters. The highest BCUT2D eigenvalue weighted by molar-refractivity contribution is 9.10. The van der Waals surface area contributed by atoms with Gasteiger partial charge in [0, 0.05) is 5.39 Å². The number of nitrogen functional groups attached to an aromatic ring is 1. The van der Waals surface area contributed by atoms with Crippen LogP contribution in [0.15, 0.2) is 22.7 Å². The van der Waals surface area contributed by atoms with Crippen LogP contribution in [0.3, 0.4) is 0 Å². The molecule has 0 saturated carbocycles. The van der Waals surface area contributed by atoms with Gasteiger partial charge < -0.3 is 5.73 Å². The number of nitrogens with zero attached hydrogens (tertiary/aromatic N) is 1. The molecule has 2 nitrogen and oxygen atoms in total. The van der Waals surface area contributed by atoms with Crippen molar-refractivity contribution in [1.29, 1.82) is 0 Å². The smallest absolute Gasteiger partial charge is 0.138 e. The van der Waals surface area contributed by atoms with Gasteiger partial charge in [-0.05, 0) is 45.1 Å². The number of hydrogen-bond acceptors (Lipinski definition) is 2. The van der Waals surface area contributed by atoms with Gasteiger partial charge >= 0.3 is 0 Å². The number of aromatic nitrogens is 1. The lowest BCUT2D eigenvalue weighted by Gasteiger charge is -2.19. The van der Waals surface area contributed by atoms with E-state index in [-0.39, 0.29) is 11.2 Å². The zero-order valence-electron chi connectivity index (χ0n) is 10.0. The molecule has 0 amide bonds. The van der Waals surface area contributed by atoms with Gasteiger partial charge in [0.05, 0.1) is 9.99 Å². The summed E-state index contributed by atoms with van der Waals surface area (Å²) in [7, 11) is 0. The normalized spacial score (nSPS) is 12.1. The van der Waals surface area contributed by atoms with Gasteiger partial charge in [-0.1, -0.05) is 20.8 Å². The highest BCUT2D eigenvalue weighted by Gasteiger charge is 2.17. The average Bonchev–Trinajstić information content (AvgIpc) is 2.19. The van der Waals surface area contributed by atoms with Crippen LogP contribution in [0, 0.1) is 5.82 Å². The van der Waals surface area contributed by atoms with Crippen molar-refractivity contribution in [3.63, 3.8) is 0 Å². The zero-order chi connectivity index (χ0) is 12.8. The number of benzene rings is 1.